The summed E-state index contributed by atoms with van der Waals surface area (Å²) in [6.07, 6.45) is 9.23. The van der Waals surface area contributed by atoms with Crippen molar-refractivity contribution < 1.29 is 19.2 Å². The molecule has 0 saturated heterocycles. The minimum atomic E-state index is -0.533. The number of rotatable bonds is 10. The van der Waals surface area contributed by atoms with Crippen molar-refractivity contribution in [2.45, 2.75) is 84.7 Å². The number of nitro benzene ring substituents is 1. The second-order valence-corrected chi connectivity index (χ2v) is 7.64. The maximum atomic E-state index is 11.4. The van der Waals surface area contributed by atoms with Gasteiger partial charge < -0.3 is 15.2 Å². The van der Waals surface area contributed by atoms with Crippen molar-refractivity contribution in [2.75, 3.05) is 12.8 Å². The van der Waals surface area contributed by atoms with Crippen molar-refractivity contribution in [3.8, 4) is 5.75 Å². The number of unbranched alkanes of at least 4 members (excludes halogenated alkanes) is 6. The minimum absolute atomic E-state index is 0.0546. The molecule has 0 aliphatic rings. The quantitative estimate of drug-likeness (QED) is 0.180. The predicted octanol–water partition coefficient (Wildman–Crippen LogP) is 5.65. The molecule has 1 rings (SSSR count). The predicted molar refractivity (Wildman–Crippen MR) is 113 cm³/mol. The molecule has 1 aromatic rings. The molecule has 0 spiro atoms. The van der Waals surface area contributed by atoms with Crippen molar-refractivity contribution in [3.05, 3.63) is 28.3 Å². The zero-order chi connectivity index (χ0) is 21.6. The number of nitrogen functional groups attached to an aromatic ring is 1. The molecule has 28 heavy (non-hydrogen) atoms. The number of nitro groups is 1. The van der Waals surface area contributed by atoms with Crippen LogP contribution in [-0.2, 0) is 9.53 Å². The molecule has 0 aliphatic heterocycles. The van der Waals surface area contributed by atoms with E-state index < -0.39 is 4.92 Å². The van der Waals surface area contributed by atoms with Crippen LogP contribution in [0.3, 0.4) is 0 Å². The van der Waals surface area contributed by atoms with E-state index >= 15 is 0 Å². The van der Waals surface area contributed by atoms with Crippen molar-refractivity contribution in [2.24, 2.45) is 0 Å². The van der Waals surface area contributed by atoms with Crippen LogP contribution in [0.1, 0.15) is 79.1 Å². The number of methoxy groups -OCH3 is 1. The number of benzene rings is 1. The summed E-state index contributed by atoms with van der Waals surface area (Å²) in [6.45, 7) is 7.96. The van der Waals surface area contributed by atoms with E-state index in [9.17, 15) is 14.9 Å². The maximum Gasteiger partial charge on any atom is 0.306 e. The average molecular weight is 397 g/mol. The zero-order valence-electron chi connectivity index (χ0n) is 18.0. The van der Waals surface area contributed by atoms with Gasteiger partial charge in [0, 0.05) is 18.6 Å². The molecule has 0 saturated carbocycles. The highest BCUT2D eigenvalue weighted by Crippen LogP contribution is 2.25. The van der Waals surface area contributed by atoms with Gasteiger partial charge in [0.05, 0.1) is 12.0 Å². The Labute approximate surface area is 168 Å². The second kappa shape index (κ2) is 13.8. The van der Waals surface area contributed by atoms with Crippen molar-refractivity contribution >= 4 is 17.3 Å². The van der Waals surface area contributed by atoms with E-state index in [1.165, 1.54) is 57.4 Å². The SMILES string of the molecule is CCCCCCCCCC(=O)OC(C)(C)C.COc1ccc([N+](=O)[O-])c(N)c1. The van der Waals surface area contributed by atoms with Crippen molar-refractivity contribution in [1.29, 1.82) is 0 Å². The van der Waals surface area contributed by atoms with E-state index in [1.54, 1.807) is 0 Å². The zero-order valence-corrected chi connectivity index (χ0v) is 18.0. The summed E-state index contributed by atoms with van der Waals surface area (Å²) in [5.74, 6) is 0.458. The van der Waals surface area contributed by atoms with E-state index in [0.29, 0.717) is 12.2 Å². The van der Waals surface area contributed by atoms with Crippen LogP contribution in [0.15, 0.2) is 18.2 Å². The van der Waals surface area contributed by atoms with Crippen LogP contribution < -0.4 is 10.5 Å². The van der Waals surface area contributed by atoms with Crippen molar-refractivity contribution in [3.63, 3.8) is 0 Å². The summed E-state index contributed by atoms with van der Waals surface area (Å²) in [6, 6.07) is 4.22. The third-order valence-electron chi connectivity index (χ3n) is 3.84. The largest absolute Gasteiger partial charge is 0.497 e. The lowest BCUT2D eigenvalue weighted by molar-refractivity contribution is -0.383. The van der Waals surface area contributed by atoms with Gasteiger partial charge in [0.1, 0.15) is 17.0 Å². The van der Waals surface area contributed by atoms with Crippen LogP contribution >= 0.6 is 0 Å². The molecule has 0 amide bonds. The fourth-order valence-electron chi connectivity index (χ4n) is 2.44. The van der Waals surface area contributed by atoms with Crippen molar-refractivity contribution in [1.82, 2.24) is 0 Å². The third-order valence-corrected chi connectivity index (χ3v) is 3.84. The first-order chi connectivity index (χ1) is 13.1. The van der Waals surface area contributed by atoms with Gasteiger partial charge >= 0.3 is 5.97 Å². The highest BCUT2D eigenvalue weighted by atomic mass is 16.6. The molecule has 1 aromatic carbocycles. The molecule has 0 radical (unpaired) electrons. The Kier molecular flexibility index (Phi) is 12.7. The first-order valence-electron chi connectivity index (χ1n) is 9.90. The molecule has 0 aromatic heterocycles. The summed E-state index contributed by atoms with van der Waals surface area (Å²) < 4.78 is 10.1. The van der Waals surface area contributed by atoms with Crippen LogP contribution in [0, 0.1) is 10.1 Å². The van der Waals surface area contributed by atoms with Gasteiger partial charge in [0.2, 0.25) is 0 Å². The molecule has 0 fully saturated rings. The highest BCUT2D eigenvalue weighted by Gasteiger charge is 2.15. The molecule has 0 atom stereocenters. The molecular weight excluding hydrogens is 360 g/mol. The summed E-state index contributed by atoms with van der Waals surface area (Å²) in [5.41, 5.74) is 5.05. The Morgan fingerprint density at radius 2 is 1.68 bits per heavy atom. The first kappa shape index (κ1) is 25.7. The summed E-state index contributed by atoms with van der Waals surface area (Å²) in [4.78, 5) is 21.1. The van der Waals surface area contributed by atoms with E-state index in [-0.39, 0.29) is 22.9 Å². The number of anilines is 1. The van der Waals surface area contributed by atoms with E-state index in [4.69, 9.17) is 15.2 Å². The normalized spacial score (nSPS) is 10.6. The lowest BCUT2D eigenvalue weighted by Crippen LogP contribution is -2.23. The summed E-state index contributed by atoms with van der Waals surface area (Å²) in [5, 5.41) is 10.3. The van der Waals surface area contributed by atoms with Crippen LogP contribution in [-0.4, -0.2) is 23.6 Å². The van der Waals surface area contributed by atoms with Crippen LogP contribution in [0.5, 0.6) is 5.75 Å². The molecule has 0 unspecified atom stereocenters. The Morgan fingerprint density at radius 3 is 2.14 bits per heavy atom. The first-order valence-corrected chi connectivity index (χ1v) is 9.90. The van der Waals surface area contributed by atoms with Gasteiger partial charge in [0.25, 0.3) is 5.69 Å². The highest BCUT2D eigenvalue weighted by molar-refractivity contribution is 5.69. The number of carbonyl (C=O) groups is 1. The molecular formula is C21H36N2O5. The maximum absolute atomic E-state index is 11.4. The number of nitrogens with two attached hydrogens (primary N) is 1. The fourth-order valence-corrected chi connectivity index (χ4v) is 2.44. The fraction of sp³-hybridized carbons (Fsp3) is 0.667. The Morgan fingerprint density at radius 1 is 1.11 bits per heavy atom. The van der Waals surface area contributed by atoms with Crippen LogP contribution in [0.4, 0.5) is 11.4 Å². The second-order valence-electron chi connectivity index (χ2n) is 7.64. The number of carbonyl (C=O) groups excluding carboxylic acids is 1. The summed E-state index contributed by atoms with van der Waals surface area (Å²) >= 11 is 0. The minimum Gasteiger partial charge on any atom is -0.497 e. The Balaban J connectivity index is 0.000000540. The van der Waals surface area contributed by atoms with Gasteiger partial charge in [-0.25, -0.2) is 0 Å². The molecule has 0 heterocycles. The van der Waals surface area contributed by atoms with Crippen LogP contribution in [0.25, 0.3) is 0 Å². The lowest BCUT2D eigenvalue weighted by Gasteiger charge is -2.19. The van der Waals surface area contributed by atoms with Crippen LogP contribution in [0.2, 0.25) is 0 Å². The van der Waals surface area contributed by atoms with Gasteiger partial charge in [-0.1, -0.05) is 45.4 Å². The van der Waals surface area contributed by atoms with Gasteiger partial charge in [-0.15, -0.1) is 0 Å². The van der Waals surface area contributed by atoms with Gasteiger partial charge in [-0.3, -0.25) is 14.9 Å². The topological polar surface area (TPSA) is 105 Å². The van der Waals surface area contributed by atoms with E-state index in [0.717, 1.165) is 12.8 Å². The number of ether oxygens (including phenoxy) is 2. The number of esters is 1. The molecule has 2 N–H and O–H groups in total. The van der Waals surface area contributed by atoms with Gasteiger partial charge in [-0.05, 0) is 33.3 Å². The monoisotopic (exact) mass is 396 g/mol. The number of nitrogens with zero attached hydrogens (tertiary/aromatic N) is 1. The molecule has 0 aliphatic carbocycles. The smallest absolute Gasteiger partial charge is 0.306 e. The number of hydrogen-bond donors (Lipinski definition) is 1. The third kappa shape index (κ3) is 12.9. The Bertz CT molecular complexity index is 597. The summed E-state index contributed by atoms with van der Waals surface area (Å²) in [7, 11) is 1.47. The van der Waals surface area contributed by atoms with Gasteiger partial charge in [-0.2, -0.15) is 0 Å². The molecule has 0 bridgehead atoms. The standard InChI is InChI=1S/C14H28O2.C7H8N2O3/c1-5-6-7-8-9-10-11-12-13(15)16-14(2,3)4;1-12-5-2-3-7(9(10)11)6(8)4-5/h5-12H2,1-4H3;2-4H,8H2,1H3. The molecule has 7 heteroatoms. The number of hydrogen-bond acceptors (Lipinski definition) is 6. The lowest BCUT2D eigenvalue weighted by atomic mass is 10.1. The molecule has 7 nitrogen and oxygen atoms in total. The van der Waals surface area contributed by atoms with Gasteiger partial charge in [0.15, 0.2) is 0 Å². The average Bonchev–Trinajstić information content (AvgIpc) is 2.59. The molecule has 160 valence electrons. The van der Waals surface area contributed by atoms with E-state index in [1.807, 2.05) is 20.8 Å². The van der Waals surface area contributed by atoms with E-state index in [2.05, 4.69) is 6.92 Å². The Hall–Kier alpha value is -2.31.